The van der Waals surface area contributed by atoms with Crippen molar-refractivity contribution < 1.29 is 18.7 Å². The van der Waals surface area contributed by atoms with Gasteiger partial charge in [-0.3, -0.25) is 0 Å². The fraction of sp³-hybridized carbons (Fsp3) is 0.235. The van der Waals surface area contributed by atoms with Gasteiger partial charge in [-0.05, 0) is 29.6 Å². The Labute approximate surface area is 153 Å². The molecule has 0 saturated heterocycles. The molecule has 2 aromatic heterocycles. The Kier molecular flexibility index (Phi) is 6.08. The van der Waals surface area contributed by atoms with Crippen LogP contribution in [0.15, 0.2) is 51.4 Å². The van der Waals surface area contributed by atoms with Crippen LogP contribution in [0.5, 0.6) is 5.75 Å². The van der Waals surface area contributed by atoms with Crippen molar-refractivity contribution in [2.75, 3.05) is 19.5 Å². The van der Waals surface area contributed by atoms with Crippen molar-refractivity contribution in [3.05, 3.63) is 58.1 Å². The largest absolute Gasteiger partial charge is 0.493 e. The van der Waals surface area contributed by atoms with E-state index in [1.54, 1.807) is 35.6 Å². The van der Waals surface area contributed by atoms with Gasteiger partial charge in [-0.25, -0.2) is 4.79 Å². The van der Waals surface area contributed by atoms with E-state index in [0.29, 0.717) is 41.2 Å². The lowest BCUT2D eigenvalue weighted by Crippen LogP contribution is -2.03. The van der Waals surface area contributed by atoms with Crippen LogP contribution in [0, 0.1) is 0 Å². The number of benzene rings is 1. The quantitative estimate of drug-likeness (QED) is 0.337. The molecule has 0 unspecified atom stereocenters. The zero-order valence-electron chi connectivity index (χ0n) is 13.5. The van der Waals surface area contributed by atoms with Gasteiger partial charge < -0.3 is 13.9 Å². The van der Waals surface area contributed by atoms with Crippen LogP contribution in [0.1, 0.15) is 21.1 Å². The third-order valence-corrected chi connectivity index (χ3v) is 4.85. The topological polar surface area (TPSA) is 74.5 Å². The zero-order chi connectivity index (χ0) is 17.5. The highest BCUT2D eigenvalue weighted by molar-refractivity contribution is 7.99. The molecule has 2 heterocycles. The van der Waals surface area contributed by atoms with Gasteiger partial charge in [0.05, 0.1) is 25.7 Å². The maximum Gasteiger partial charge on any atom is 0.337 e. The van der Waals surface area contributed by atoms with Crippen LogP contribution in [0.25, 0.3) is 0 Å². The normalized spacial score (nSPS) is 10.6. The lowest BCUT2D eigenvalue weighted by Gasteiger charge is -2.06. The first-order chi connectivity index (χ1) is 12.2. The van der Waals surface area contributed by atoms with Gasteiger partial charge in [0.25, 0.3) is 5.22 Å². The van der Waals surface area contributed by atoms with Crippen LogP contribution >= 0.6 is 23.1 Å². The highest BCUT2D eigenvalue weighted by Crippen LogP contribution is 2.20. The Bertz CT molecular complexity index is 818. The summed E-state index contributed by atoms with van der Waals surface area (Å²) in [7, 11) is 1.35. The molecular weight excluding hydrogens is 360 g/mol. The second-order valence-corrected chi connectivity index (χ2v) is 7.01. The fourth-order valence-corrected chi connectivity index (χ4v) is 3.34. The van der Waals surface area contributed by atoms with Crippen molar-refractivity contribution in [1.82, 2.24) is 10.2 Å². The molecule has 0 N–H and O–H groups in total. The van der Waals surface area contributed by atoms with Crippen molar-refractivity contribution in [2.45, 2.75) is 11.6 Å². The molecule has 0 aliphatic heterocycles. The van der Waals surface area contributed by atoms with Crippen LogP contribution in [0.2, 0.25) is 0 Å². The highest BCUT2D eigenvalue weighted by Gasteiger charge is 2.09. The summed E-state index contributed by atoms with van der Waals surface area (Å²) in [6, 6.07) is 10.9. The molecule has 8 heteroatoms. The second-order valence-electron chi connectivity index (χ2n) is 4.93. The SMILES string of the molecule is COC(=O)c1cccc(OCCSc2nnc(Cc3cccs3)o2)c1. The molecule has 0 bridgehead atoms. The first-order valence-electron chi connectivity index (χ1n) is 7.53. The first-order valence-corrected chi connectivity index (χ1v) is 9.40. The Morgan fingerprint density at radius 3 is 3.00 bits per heavy atom. The van der Waals surface area contributed by atoms with Crippen molar-refractivity contribution in [3.8, 4) is 5.75 Å². The number of carbonyl (C=O) groups is 1. The predicted molar refractivity (Wildman–Crippen MR) is 95.4 cm³/mol. The number of thiophene rings is 1. The van der Waals surface area contributed by atoms with Gasteiger partial charge in [0.15, 0.2) is 0 Å². The summed E-state index contributed by atoms with van der Waals surface area (Å²) in [5.41, 5.74) is 0.461. The molecule has 3 aromatic rings. The molecule has 0 atom stereocenters. The van der Waals surface area contributed by atoms with E-state index >= 15 is 0 Å². The Balaban J connectivity index is 1.44. The molecular formula is C17H16N2O4S2. The summed E-state index contributed by atoms with van der Waals surface area (Å²) >= 11 is 3.10. The molecule has 0 spiro atoms. The van der Waals surface area contributed by atoms with Crippen molar-refractivity contribution in [2.24, 2.45) is 0 Å². The summed E-state index contributed by atoms with van der Waals surface area (Å²) in [4.78, 5) is 12.7. The fourth-order valence-electron chi connectivity index (χ4n) is 2.05. The highest BCUT2D eigenvalue weighted by atomic mass is 32.2. The number of nitrogens with zero attached hydrogens (tertiary/aromatic N) is 2. The van der Waals surface area contributed by atoms with E-state index in [-0.39, 0.29) is 5.97 Å². The molecule has 130 valence electrons. The molecule has 0 aliphatic rings. The van der Waals surface area contributed by atoms with Gasteiger partial charge >= 0.3 is 5.97 Å². The summed E-state index contributed by atoms with van der Waals surface area (Å²) in [6.45, 7) is 0.456. The van der Waals surface area contributed by atoms with Crippen LogP contribution in [-0.4, -0.2) is 35.6 Å². The van der Waals surface area contributed by atoms with E-state index in [0.717, 1.165) is 0 Å². The minimum atomic E-state index is -0.385. The van der Waals surface area contributed by atoms with E-state index in [1.807, 2.05) is 17.5 Å². The van der Waals surface area contributed by atoms with E-state index in [2.05, 4.69) is 14.9 Å². The van der Waals surface area contributed by atoms with E-state index in [9.17, 15) is 4.79 Å². The number of thioether (sulfide) groups is 1. The molecule has 0 amide bonds. The van der Waals surface area contributed by atoms with E-state index in [1.165, 1.54) is 23.7 Å². The number of hydrogen-bond acceptors (Lipinski definition) is 8. The van der Waals surface area contributed by atoms with Crippen LogP contribution in [-0.2, 0) is 11.2 Å². The molecule has 0 aliphatic carbocycles. The Hall–Kier alpha value is -2.32. The van der Waals surface area contributed by atoms with Gasteiger partial charge in [0, 0.05) is 10.6 Å². The second kappa shape index (κ2) is 8.68. The smallest absolute Gasteiger partial charge is 0.337 e. The molecule has 0 radical (unpaired) electrons. The molecule has 25 heavy (non-hydrogen) atoms. The number of ether oxygens (including phenoxy) is 2. The van der Waals surface area contributed by atoms with Gasteiger partial charge in [-0.1, -0.05) is 23.9 Å². The number of rotatable bonds is 8. The lowest BCUT2D eigenvalue weighted by atomic mass is 10.2. The van der Waals surface area contributed by atoms with E-state index in [4.69, 9.17) is 9.15 Å². The average Bonchev–Trinajstić information content (AvgIpc) is 3.31. The van der Waals surface area contributed by atoms with Crippen molar-refractivity contribution >= 4 is 29.1 Å². The van der Waals surface area contributed by atoms with Gasteiger partial charge in [0.1, 0.15) is 5.75 Å². The van der Waals surface area contributed by atoms with Crippen molar-refractivity contribution in [1.29, 1.82) is 0 Å². The van der Waals surface area contributed by atoms with Crippen molar-refractivity contribution in [3.63, 3.8) is 0 Å². The van der Waals surface area contributed by atoms with Crippen LogP contribution in [0.4, 0.5) is 0 Å². The van der Waals surface area contributed by atoms with Gasteiger partial charge in [0.2, 0.25) is 5.89 Å². The third kappa shape index (κ3) is 5.07. The lowest BCUT2D eigenvalue weighted by molar-refractivity contribution is 0.0600. The van der Waals surface area contributed by atoms with Crippen LogP contribution in [0.3, 0.4) is 0 Å². The van der Waals surface area contributed by atoms with Crippen LogP contribution < -0.4 is 4.74 Å². The summed E-state index contributed by atoms with van der Waals surface area (Å²) in [6.07, 6.45) is 0.655. The molecule has 0 saturated carbocycles. The van der Waals surface area contributed by atoms with Gasteiger partial charge in [-0.15, -0.1) is 21.5 Å². The maximum absolute atomic E-state index is 11.5. The first kappa shape index (κ1) is 17.5. The summed E-state index contributed by atoms with van der Waals surface area (Å²) < 4.78 is 15.9. The molecule has 0 fully saturated rings. The maximum atomic E-state index is 11.5. The van der Waals surface area contributed by atoms with E-state index < -0.39 is 0 Å². The monoisotopic (exact) mass is 376 g/mol. The standard InChI is InChI=1S/C17H16N2O4S2/c1-21-16(20)12-4-2-5-13(10-12)22-7-9-25-17-19-18-15(23-17)11-14-6-3-8-24-14/h2-6,8,10H,7,9,11H2,1H3. The molecule has 1 aromatic carbocycles. The minimum Gasteiger partial charge on any atom is -0.493 e. The number of esters is 1. The summed E-state index contributed by atoms with van der Waals surface area (Å²) in [5, 5.41) is 10.6. The average molecular weight is 376 g/mol. The number of hydrogen-bond donors (Lipinski definition) is 0. The predicted octanol–water partition coefficient (Wildman–Crippen LogP) is 3.68. The number of methoxy groups -OCH3 is 1. The number of carbonyl (C=O) groups excluding carboxylic acids is 1. The van der Waals surface area contributed by atoms with Gasteiger partial charge in [-0.2, -0.15) is 0 Å². The third-order valence-electron chi connectivity index (χ3n) is 3.19. The molecule has 6 nitrogen and oxygen atoms in total. The number of aromatic nitrogens is 2. The zero-order valence-corrected chi connectivity index (χ0v) is 15.1. The Morgan fingerprint density at radius 1 is 1.28 bits per heavy atom. The summed E-state index contributed by atoms with van der Waals surface area (Å²) in [5.74, 6) is 1.50. The Morgan fingerprint density at radius 2 is 2.20 bits per heavy atom. The minimum absolute atomic E-state index is 0.385. The molecule has 3 rings (SSSR count).